The number of nitrogens with one attached hydrogen (secondary N) is 2. The summed E-state index contributed by atoms with van der Waals surface area (Å²) in [7, 11) is 1.54. The molecule has 1 saturated heterocycles. The number of carbonyl (C=O) groups excluding carboxylic acids is 1. The molecule has 1 unspecified atom stereocenters. The highest BCUT2D eigenvalue weighted by Gasteiger charge is 2.33. The van der Waals surface area contributed by atoms with Gasteiger partial charge >= 0.3 is 6.18 Å². The Bertz CT molecular complexity index is 1130. The molecule has 1 aliphatic rings. The molecule has 3 N–H and O–H groups in total. The molecule has 3 aromatic heterocycles. The van der Waals surface area contributed by atoms with Gasteiger partial charge in [-0.1, -0.05) is 6.07 Å². The van der Waals surface area contributed by atoms with Crippen molar-refractivity contribution in [3.63, 3.8) is 0 Å². The van der Waals surface area contributed by atoms with Crippen molar-refractivity contribution in [2.75, 3.05) is 25.6 Å². The minimum Gasteiger partial charge on any atom is -0.381 e. The summed E-state index contributed by atoms with van der Waals surface area (Å²) in [6.45, 7) is 1.32. The normalized spacial score (nSPS) is 16.3. The van der Waals surface area contributed by atoms with Gasteiger partial charge in [0.25, 0.3) is 5.91 Å². The van der Waals surface area contributed by atoms with Crippen molar-refractivity contribution in [1.82, 2.24) is 19.7 Å². The number of carbonyl (C=O) groups is 1. The summed E-state index contributed by atoms with van der Waals surface area (Å²) in [4.78, 5) is 20.7. The third-order valence-corrected chi connectivity index (χ3v) is 5.37. The van der Waals surface area contributed by atoms with Crippen LogP contribution in [0.4, 0.5) is 18.9 Å². The number of imidazole rings is 1. The van der Waals surface area contributed by atoms with E-state index in [1.807, 2.05) is 6.20 Å². The molecule has 1 aliphatic heterocycles. The molecule has 11 heteroatoms. The van der Waals surface area contributed by atoms with Crippen molar-refractivity contribution in [2.45, 2.75) is 31.2 Å². The summed E-state index contributed by atoms with van der Waals surface area (Å²) in [5, 5.41) is 15.6. The fraction of sp³-hybridized carbons (Fsp3) is 0.381. The lowest BCUT2D eigenvalue weighted by Crippen LogP contribution is -2.21. The van der Waals surface area contributed by atoms with Crippen LogP contribution in [0, 0.1) is 0 Å². The molecular formula is C21H22F3N5O3. The van der Waals surface area contributed by atoms with Gasteiger partial charge in [-0.15, -0.1) is 0 Å². The number of hydrogen-bond acceptors (Lipinski definition) is 6. The Hall–Kier alpha value is -3.02. The Morgan fingerprint density at radius 2 is 2.00 bits per heavy atom. The molecule has 3 aromatic rings. The number of rotatable bonds is 5. The molecular weight excluding hydrogens is 427 g/mol. The molecule has 1 amide bonds. The van der Waals surface area contributed by atoms with Crippen molar-refractivity contribution in [1.29, 1.82) is 0 Å². The van der Waals surface area contributed by atoms with Crippen LogP contribution in [-0.2, 0) is 10.9 Å². The molecule has 4 heterocycles. The zero-order chi connectivity index (χ0) is 22.9. The van der Waals surface area contributed by atoms with Gasteiger partial charge in [0.2, 0.25) is 0 Å². The number of pyridine rings is 2. The van der Waals surface area contributed by atoms with Crippen LogP contribution >= 0.6 is 0 Å². The molecule has 0 spiro atoms. The van der Waals surface area contributed by atoms with Crippen molar-refractivity contribution < 1.29 is 27.8 Å². The third-order valence-electron chi connectivity index (χ3n) is 5.37. The van der Waals surface area contributed by atoms with E-state index in [9.17, 15) is 23.1 Å². The Morgan fingerprint density at radius 1 is 1.25 bits per heavy atom. The molecule has 0 saturated carbocycles. The van der Waals surface area contributed by atoms with Gasteiger partial charge < -0.3 is 19.6 Å². The van der Waals surface area contributed by atoms with Crippen molar-refractivity contribution >= 4 is 17.2 Å². The SMILES string of the molecule is CNC(O)c1cc2nc(C3CCOCC3)cn2cc1NC(=O)c1cccc(C(F)(F)F)n1. The lowest BCUT2D eigenvalue weighted by atomic mass is 9.97. The summed E-state index contributed by atoms with van der Waals surface area (Å²) in [6.07, 6.45) is -0.680. The number of fused-ring (bicyclic) bond motifs is 1. The summed E-state index contributed by atoms with van der Waals surface area (Å²) in [5.41, 5.74) is 0.446. The first kappa shape index (κ1) is 22.2. The van der Waals surface area contributed by atoms with E-state index in [1.165, 1.54) is 13.1 Å². The van der Waals surface area contributed by atoms with Crippen LogP contribution in [0.5, 0.6) is 0 Å². The van der Waals surface area contributed by atoms with Gasteiger partial charge in [0.15, 0.2) is 0 Å². The number of alkyl halides is 3. The van der Waals surface area contributed by atoms with Gasteiger partial charge in [0, 0.05) is 37.1 Å². The number of halogens is 3. The average molecular weight is 449 g/mol. The molecule has 0 bridgehead atoms. The number of nitrogens with zero attached hydrogens (tertiary/aromatic N) is 3. The predicted octanol–water partition coefficient (Wildman–Crippen LogP) is 3.10. The van der Waals surface area contributed by atoms with Crippen LogP contribution < -0.4 is 10.6 Å². The number of aromatic nitrogens is 3. The second-order valence-corrected chi connectivity index (χ2v) is 7.51. The smallest absolute Gasteiger partial charge is 0.381 e. The van der Waals surface area contributed by atoms with Gasteiger partial charge in [-0.2, -0.15) is 13.2 Å². The minimum absolute atomic E-state index is 0.222. The first-order valence-electron chi connectivity index (χ1n) is 10.1. The van der Waals surface area contributed by atoms with Gasteiger partial charge in [0.05, 0.1) is 11.4 Å². The summed E-state index contributed by atoms with van der Waals surface area (Å²) in [5.74, 6) is -0.585. The first-order chi connectivity index (χ1) is 15.3. The second-order valence-electron chi connectivity index (χ2n) is 7.51. The lowest BCUT2D eigenvalue weighted by molar-refractivity contribution is -0.141. The molecule has 0 radical (unpaired) electrons. The monoisotopic (exact) mass is 449 g/mol. The van der Waals surface area contributed by atoms with Crippen LogP contribution in [0.15, 0.2) is 36.7 Å². The maximum atomic E-state index is 13.0. The molecule has 170 valence electrons. The van der Waals surface area contributed by atoms with E-state index in [0.29, 0.717) is 24.4 Å². The van der Waals surface area contributed by atoms with Gasteiger partial charge in [-0.25, -0.2) is 9.97 Å². The lowest BCUT2D eigenvalue weighted by Gasteiger charge is -2.19. The highest BCUT2D eigenvalue weighted by molar-refractivity contribution is 6.03. The largest absolute Gasteiger partial charge is 0.433 e. The average Bonchev–Trinajstić information content (AvgIpc) is 3.21. The van der Waals surface area contributed by atoms with E-state index in [2.05, 4.69) is 20.6 Å². The molecule has 0 aliphatic carbocycles. The Morgan fingerprint density at radius 3 is 2.69 bits per heavy atom. The molecule has 32 heavy (non-hydrogen) atoms. The Kier molecular flexibility index (Phi) is 6.13. The van der Waals surface area contributed by atoms with Crippen molar-refractivity contribution in [3.05, 3.63) is 59.3 Å². The van der Waals surface area contributed by atoms with E-state index in [4.69, 9.17) is 4.74 Å². The van der Waals surface area contributed by atoms with E-state index in [-0.39, 0.29) is 11.6 Å². The number of amides is 1. The van der Waals surface area contributed by atoms with Gasteiger partial charge in [0.1, 0.15) is 23.3 Å². The van der Waals surface area contributed by atoms with E-state index in [0.717, 1.165) is 30.7 Å². The molecule has 4 rings (SSSR count). The molecule has 1 atom stereocenters. The van der Waals surface area contributed by atoms with Crippen LogP contribution in [-0.4, -0.2) is 45.6 Å². The zero-order valence-electron chi connectivity index (χ0n) is 17.2. The minimum atomic E-state index is -4.67. The maximum Gasteiger partial charge on any atom is 0.433 e. The van der Waals surface area contributed by atoms with Crippen molar-refractivity contribution in [3.8, 4) is 0 Å². The number of anilines is 1. The van der Waals surface area contributed by atoms with Crippen molar-refractivity contribution in [2.24, 2.45) is 0 Å². The van der Waals surface area contributed by atoms with Crippen LogP contribution in [0.25, 0.3) is 5.65 Å². The first-order valence-corrected chi connectivity index (χ1v) is 10.1. The maximum absolute atomic E-state index is 13.0. The summed E-state index contributed by atoms with van der Waals surface area (Å²) >= 11 is 0. The summed E-state index contributed by atoms with van der Waals surface area (Å²) < 4.78 is 46.0. The predicted molar refractivity (Wildman–Crippen MR) is 109 cm³/mol. The van der Waals surface area contributed by atoms with Crippen LogP contribution in [0.2, 0.25) is 0 Å². The van der Waals surface area contributed by atoms with E-state index < -0.39 is 29.7 Å². The molecule has 8 nitrogen and oxygen atoms in total. The fourth-order valence-electron chi connectivity index (χ4n) is 3.65. The van der Waals surface area contributed by atoms with Crippen LogP contribution in [0.3, 0.4) is 0 Å². The fourth-order valence-corrected chi connectivity index (χ4v) is 3.65. The highest BCUT2D eigenvalue weighted by Crippen LogP contribution is 2.30. The zero-order valence-corrected chi connectivity index (χ0v) is 17.2. The number of hydrogen-bond donors (Lipinski definition) is 3. The van der Waals surface area contributed by atoms with Gasteiger partial charge in [-0.3, -0.25) is 10.1 Å². The Labute approximate surface area is 181 Å². The van der Waals surface area contributed by atoms with Gasteiger partial charge in [-0.05, 0) is 38.1 Å². The number of aliphatic hydroxyl groups is 1. The van der Waals surface area contributed by atoms with Crippen LogP contribution in [0.1, 0.15) is 52.4 Å². The topological polar surface area (TPSA) is 101 Å². The number of ether oxygens (including phenoxy) is 1. The molecule has 1 fully saturated rings. The van der Waals surface area contributed by atoms with E-state index >= 15 is 0 Å². The summed E-state index contributed by atoms with van der Waals surface area (Å²) in [6, 6.07) is 4.73. The Balaban J connectivity index is 1.68. The third kappa shape index (κ3) is 4.59. The second kappa shape index (κ2) is 8.85. The number of aliphatic hydroxyl groups excluding tert-OH is 1. The standard InChI is InChI=1S/C21H22F3N5O3/c1-25-19(30)13-9-18-27-15(12-5-7-32-8-6-12)10-29(18)11-16(13)28-20(31)14-3-2-4-17(26-14)21(22,23)24/h2-4,9-12,19,25,30H,5-8H2,1H3,(H,28,31). The highest BCUT2D eigenvalue weighted by atomic mass is 19.4. The van der Waals surface area contributed by atoms with E-state index in [1.54, 1.807) is 16.7 Å². The molecule has 0 aromatic carbocycles. The quantitative estimate of drug-likeness (QED) is 0.518.